The van der Waals surface area contributed by atoms with E-state index in [2.05, 4.69) is 21.2 Å². The molecule has 21 heavy (non-hydrogen) atoms. The maximum absolute atomic E-state index is 12.3. The van der Waals surface area contributed by atoms with Crippen LogP contribution in [0.3, 0.4) is 0 Å². The summed E-state index contributed by atoms with van der Waals surface area (Å²) in [5.74, 6) is -2.03. The zero-order chi connectivity index (χ0) is 15.6. The Morgan fingerprint density at radius 3 is 2.48 bits per heavy atom. The first kappa shape index (κ1) is 15.7. The Morgan fingerprint density at radius 1 is 1.33 bits per heavy atom. The van der Waals surface area contributed by atoms with Crippen LogP contribution in [-0.4, -0.2) is 17.7 Å². The van der Waals surface area contributed by atoms with Gasteiger partial charge in [-0.1, -0.05) is 28.1 Å². The van der Waals surface area contributed by atoms with Crippen LogP contribution in [0.2, 0.25) is 0 Å². The van der Waals surface area contributed by atoms with Crippen molar-refractivity contribution in [2.45, 2.75) is 32.2 Å². The predicted octanol–water partition coefficient (Wildman–Crippen LogP) is 2.79. The summed E-state index contributed by atoms with van der Waals surface area (Å²) in [4.78, 5) is 24.2. The minimum atomic E-state index is -1.20. The van der Waals surface area contributed by atoms with Crippen molar-refractivity contribution in [2.24, 2.45) is 11.8 Å². The van der Waals surface area contributed by atoms with E-state index in [0.29, 0.717) is 6.42 Å². The Hall–Kier alpha value is -1.67. The van der Waals surface area contributed by atoms with Crippen molar-refractivity contribution in [2.75, 3.05) is 0 Å². The highest BCUT2D eigenvalue weighted by Gasteiger charge is 2.47. The van der Waals surface area contributed by atoms with E-state index in [4.69, 9.17) is 5.26 Å². The van der Waals surface area contributed by atoms with E-state index in [1.165, 1.54) is 0 Å². The van der Waals surface area contributed by atoms with Crippen LogP contribution in [0.1, 0.15) is 31.7 Å². The Morgan fingerprint density at radius 2 is 1.95 bits per heavy atom. The molecule has 1 amide bonds. The van der Waals surface area contributed by atoms with Crippen LogP contribution in [-0.2, 0) is 9.59 Å². The summed E-state index contributed by atoms with van der Waals surface area (Å²) in [5.41, 5.74) is 1.08. The van der Waals surface area contributed by atoms with Gasteiger partial charge in [-0.3, -0.25) is 9.59 Å². The van der Waals surface area contributed by atoms with Crippen LogP contribution in [0.5, 0.6) is 0 Å². The third-order valence-corrected chi connectivity index (χ3v) is 4.09. The number of amides is 1. The van der Waals surface area contributed by atoms with E-state index in [-0.39, 0.29) is 23.7 Å². The largest absolute Gasteiger partial charge is 0.352 e. The average Bonchev–Trinajstić information content (AvgIpc) is 3.19. The molecular formula is C16H17BrN2O2. The molecule has 3 unspecified atom stereocenters. The van der Waals surface area contributed by atoms with Crippen molar-refractivity contribution in [3.8, 4) is 6.07 Å². The van der Waals surface area contributed by atoms with Gasteiger partial charge in [-0.2, -0.15) is 5.26 Å². The molecule has 1 aliphatic rings. The summed E-state index contributed by atoms with van der Waals surface area (Å²) in [6.07, 6.45) is 0.716. The fourth-order valence-electron chi connectivity index (χ4n) is 2.42. The molecule has 1 fully saturated rings. The summed E-state index contributed by atoms with van der Waals surface area (Å²) < 4.78 is 0.987. The maximum atomic E-state index is 12.3. The van der Waals surface area contributed by atoms with Gasteiger partial charge in [-0.25, -0.2) is 0 Å². The fraction of sp³-hybridized carbons (Fsp3) is 0.438. The van der Waals surface area contributed by atoms with Gasteiger partial charge in [0.25, 0.3) is 0 Å². The molecule has 3 atom stereocenters. The first-order valence-corrected chi connectivity index (χ1v) is 7.72. The Labute approximate surface area is 132 Å². The standard InChI is InChI=1S/C16H17BrN2O2/c1-9(2)19-16(21)14(8-18)15(20)13-7-12(13)10-3-5-11(17)6-4-10/h3-6,9,12-14H,7H2,1-2H3,(H,19,21). The van der Waals surface area contributed by atoms with Crippen molar-refractivity contribution < 1.29 is 9.59 Å². The fourth-order valence-corrected chi connectivity index (χ4v) is 2.69. The number of Topliss-reactive ketones (excluding diaryl/α,β-unsaturated/α-hetero) is 1. The smallest absolute Gasteiger partial charge is 0.245 e. The number of hydrogen-bond donors (Lipinski definition) is 1. The van der Waals surface area contributed by atoms with Crippen molar-refractivity contribution in [1.29, 1.82) is 5.26 Å². The van der Waals surface area contributed by atoms with Gasteiger partial charge >= 0.3 is 0 Å². The number of ketones is 1. The summed E-state index contributed by atoms with van der Waals surface area (Å²) >= 11 is 3.37. The number of benzene rings is 1. The lowest BCUT2D eigenvalue weighted by molar-refractivity contribution is -0.132. The van der Waals surface area contributed by atoms with Crippen LogP contribution in [0.4, 0.5) is 0 Å². The summed E-state index contributed by atoms with van der Waals surface area (Å²) in [7, 11) is 0. The van der Waals surface area contributed by atoms with E-state index < -0.39 is 11.8 Å². The van der Waals surface area contributed by atoms with E-state index in [1.54, 1.807) is 13.8 Å². The summed E-state index contributed by atoms with van der Waals surface area (Å²) in [5, 5.41) is 11.7. The highest BCUT2D eigenvalue weighted by Crippen LogP contribution is 2.49. The number of rotatable bonds is 5. The van der Waals surface area contributed by atoms with Gasteiger partial charge in [0.2, 0.25) is 5.91 Å². The average molecular weight is 349 g/mol. The van der Waals surface area contributed by atoms with E-state index in [9.17, 15) is 9.59 Å². The third kappa shape index (κ3) is 3.70. The molecule has 110 valence electrons. The van der Waals surface area contributed by atoms with Crippen molar-refractivity contribution in [3.63, 3.8) is 0 Å². The Balaban J connectivity index is 2.03. The molecule has 5 heteroatoms. The van der Waals surface area contributed by atoms with E-state index in [0.717, 1.165) is 10.0 Å². The molecule has 4 nitrogen and oxygen atoms in total. The lowest BCUT2D eigenvalue weighted by Gasteiger charge is -2.12. The SMILES string of the molecule is CC(C)NC(=O)C(C#N)C(=O)C1CC1c1ccc(Br)cc1. The second kappa shape index (κ2) is 6.40. The number of carbonyl (C=O) groups excluding carboxylic acids is 2. The molecule has 1 aromatic carbocycles. The molecule has 0 aliphatic heterocycles. The molecule has 0 saturated heterocycles. The number of nitriles is 1. The highest BCUT2D eigenvalue weighted by atomic mass is 79.9. The first-order valence-electron chi connectivity index (χ1n) is 6.93. The minimum Gasteiger partial charge on any atom is -0.352 e. The molecule has 1 saturated carbocycles. The molecule has 2 rings (SSSR count). The van der Waals surface area contributed by atoms with Gasteiger partial charge in [0, 0.05) is 16.4 Å². The van der Waals surface area contributed by atoms with E-state index >= 15 is 0 Å². The number of nitrogens with one attached hydrogen (secondary N) is 1. The van der Waals surface area contributed by atoms with Crippen LogP contribution in [0.15, 0.2) is 28.7 Å². The number of halogens is 1. The van der Waals surface area contributed by atoms with Gasteiger partial charge in [-0.15, -0.1) is 0 Å². The zero-order valence-corrected chi connectivity index (χ0v) is 13.6. The van der Waals surface area contributed by atoms with Crippen molar-refractivity contribution in [1.82, 2.24) is 5.32 Å². The highest BCUT2D eigenvalue weighted by molar-refractivity contribution is 9.10. The molecule has 0 aromatic heterocycles. The van der Waals surface area contributed by atoms with Crippen molar-refractivity contribution >= 4 is 27.6 Å². The van der Waals surface area contributed by atoms with Crippen LogP contribution in [0, 0.1) is 23.2 Å². The van der Waals surface area contributed by atoms with Gasteiger partial charge in [-0.05, 0) is 43.9 Å². The van der Waals surface area contributed by atoms with Gasteiger partial charge in [0.1, 0.15) is 0 Å². The topological polar surface area (TPSA) is 70.0 Å². The Bertz CT molecular complexity index is 589. The third-order valence-electron chi connectivity index (χ3n) is 3.56. The number of nitrogens with zero attached hydrogens (tertiary/aromatic N) is 1. The minimum absolute atomic E-state index is 0.0809. The van der Waals surface area contributed by atoms with Gasteiger partial charge in [0.15, 0.2) is 11.7 Å². The van der Waals surface area contributed by atoms with Gasteiger partial charge in [0.05, 0.1) is 6.07 Å². The summed E-state index contributed by atoms with van der Waals surface area (Å²) in [6.45, 7) is 3.61. The van der Waals surface area contributed by atoms with Crippen LogP contribution < -0.4 is 5.32 Å². The number of hydrogen-bond acceptors (Lipinski definition) is 3. The predicted molar refractivity (Wildman–Crippen MR) is 82.4 cm³/mol. The normalized spacial score (nSPS) is 21.5. The lowest BCUT2D eigenvalue weighted by Crippen LogP contribution is -2.39. The summed E-state index contributed by atoms with van der Waals surface area (Å²) in [6, 6.07) is 9.57. The zero-order valence-electron chi connectivity index (χ0n) is 12.0. The lowest BCUT2D eigenvalue weighted by atomic mass is 9.98. The quantitative estimate of drug-likeness (QED) is 0.831. The molecule has 1 aromatic rings. The molecular weight excluding hydrogens is 332 g/mol. The van der Waals surface area contributed by atoms with Crippen LogP contribution in [0.25, 0.3) is 0 Å². The molecule has 0 bridgehead atoms. The van der Waals surface area contributed by atoms with Gasteiger partial charge < -0.3 is 5.32 Å². The first-order chi connectivity index (χ1) is 9.93. The van der Waals surface area contributed by atoms with Crippen LogP contribution >= 0.6 is 15.9 Å². The molecule has 1 N–H and O–H groups in total. The monoisotopic (exact) mass is 348 g/mol. The van der Waals surface area contributed by atoms with E-state index in [1.807, 2.05) is 30.3 Å². The second-order valence-corrected chi connectivity index (χ2v) is 6.54. The molecule has 0 heterocycles. The number of carbonyl (C=O) groups is 2. The second-order valence-electron chi connectivity index (χ2n) is 5.63. The van der Waals surface area contributed by atoms with Crippen molar-refractivity contribution in [3.05, 3.63) is 34.3 Å². The maximum Gasteiger partial charge on any atom is 0.245 e. The molecule has 0 spiro atoms. The molecule has 1 aliphatic carbocycles. The molecule has 0 radical (unpaired) electrons. The Kier molecular flexibility index (Phi) is 4.79.